The van der Waals surface area contributed by atoms with Crippen LogP contribution in [0.3, 0.4) is 0 Å². The first-order valence-electron chi connectivity index (χ1n) is 13.8. The predicted octanol–water partition coefficient (Wildman–Crippen LogP) is 1.18. The predicted molar refractivity (Wildman–Crippen MR) is 148 cm³/mol. The molecule has 1 aliphatic heterocycles. The quantitative estimate of drug-likeness (QED) is 0.248. The summed E-state index contributed by atoms with van der Waals surface area (Å²) in [5.41, 5.74) is 1.46. The number of nitrogens with two attached hydrogens (primary N) is 1. The van der Waals surface area contributed by atoms with Crippen molar-refractivity contribution < 1.29 is 43.6 Å². The lowest BCUT2D eigenvalue weighted by molar-refractivity contribution is -0.159. The van der Waals surface area contributed by atoms with Crippen molar-refractivity contribution in [2.24, 2.45) is 17.6 Å². The first-order valence-corrected chi connectivity index (χ1v) is 13.8. The van der Waals surface area contributed by atoms with Crippen LogP contribution in [0.4, 0.5) is 10.1 Å². The van der Waals surface area contributed by atoms with Crippen LogP contribution < -0.4 is 11.1 Å². The van der Waals surface area contributed by atoms with Crippen molar-refractivity contribution in [3.05, 3.63) is 39.9 Å². The number of halogens is 1. The van der Waals surface area contributed by atoms with E-state index in [4.69, 9.17) is 10.5 Å². The van der Waals surface area contributed by atoms with Gasteiger partial charge in [-0.15, -0.1) is 0 Å². The van der Waals surface area contributed by atoms with Gasteiger partial charge >= 0.3 is 0 Å². The van der Waals surface area contributed by atoms with Gasteiger partial charge in [-0.2, -0.15) is 0 Å². The van der Waals surface area contributed by atoms with Crippen molar-refractivity contribution in [2.75, 3.05) is 40.1 Å². The Morgan fingerprint density at radius 3 is 2.50 bits per heavy atom. The van der Waals surface area contributed by atoms with Gasteiger partial charge in [0, 0.05) is 30.2 Å². The highest BCUT2D eigenvalue weighted by molar-refractivity contribution is 6.24. The van der Waals surface area contributed by atoms with Gasteiger partial charge in [-0.05, 0) is 59.3 Å². The number of carbonyl (C=O) groups is 4. The first-order chi connectivity index (χ1) is 19.8. The zero-order valence-electron chi connectivity index (χ0n) is 23.9. The Morgan fingerprint density at radius 2 is 1.90 bits per heavy atom. The Morgan fingerprint density at radius 1 is 1.21 bits per heavy atom. The van der Waals surface area contributed by atoms with Crippen LogP contribution in [0.2, 0.25) is 0 Å². The van der Waals surface area contributed by atoms with Crippen LogP contribution in [0.5, 0.6) is 5.75 Å². The molecule has 0 bridgehead atoms. The molecular weight excluding hydrogens is 551 g/mol. The Labute approximate surface area is 241 Å². The molecule has 0 aromatic heterocycles. The number of methoxy groups -OCH3 is 1. The molecule has 1 heterocycles. The summed E-state index contributed by atoms with van der Waals surface area (Å²) >= 11 is 0. The van der Waals surface area contributed by atoms with E-state index in [-0.39, 0.29) is 35.2 Å². The van der Waals surface area contributed by atoms with E-state index in [1.54, 1.807) is 21.1 Å². The van der Waals surface area contributed by atoms with Crippen molar-refractivity contribution in [3.63, 3.8) is 0 Å². The third-order valence-corrected chi connectivity index (χ3v) is 9.29. The second-order valence-corrected chi connectivity index (χ2v) is 11.7. The number of rotatable bonds is 5. The maximum absolute atomic E-state index is 15.6. The van der Waals surface area contributed by atoms with Gasteiger partial charge in [0.15, 0.2) is 17.1 Å². The zero-order chi connectivity index (χ0) is 30.8. The number of ketones is 2. The smallest absolute Gasteiger partial charge is 0.255 e. The number of aromatic hydroxyl groups is 1. The number of likely N-dealkylation sites (tertiary alicyclic amines) is 1. The molecule has 5 atom stereocenters. The van der Waals surface area contributed by atoms with Crippen molar-refractivity contribution in [1.29, 1.82) is 0 Å². The highest BCUT2D eigenvalue weighted by atomic mass is 19.1. The van der Waals surface area contributed by atoms with E-state index < -0.39 is 81.6 Å². The number of Topliss-reactive ketones (excluding diaryl/α,β-unsaturated/α-hetero) is 2. The molecule has 226 valence electrons. The summed E-state index contributed by atoms with van der Waals surface area (Å²) in [6, 6.07) is -0.608. The number of phenols is 1. The normalized spacial score (nSPS) is 29.8. The molecular formula is C29H35FN4O8. The number of benzene rings is 1. The number of ether oxygens (including phenoxy) is 1. The van der Waals surface area contributed by atoms with Crippen LogP contribution >= 0.6 is 0 Å². The highest BCUT2D eigenvalue weighted by Gasteiger charge is 2.65. The van der Waals surface area contributed by atoms with E-state index in [1.165, 1.54) is 4.90 Å². The molecule has 1 aromatic rings. The van der Waals surface area contributed by atoms with Crippen LogP contribution in [0.15, 0.2) is 23.0 Å². The number of aliphatic hydroxyl groups is 2. The lowest BCUT2D eigenvalue weighted by Gasteiger charge is -2.51. The van der Waals surface area contributed by atoms with E-state index in [1.807, 2.05) is 4.90 Å². The third kappa shape index (κ3) is 4.13. The van der Waals surface area contributed by atoms with Gasteiger partial charge in [0.25, 0.3) is 5.91 Å². The van der Waals surface area contributed by atoms with Crippen LogP contribution in [-0.4, -0.2) is 101 Å². The van der Waals surface area contributed by atoms with Gasteiger partial charge < -0.3 is 31.1 Å². The maximum Gasteiger partial charge on any atom is 0.255 e. The number of nitrogens with zero attached hydrogens (tertiary/aromatic N) is 2. The molecule has 0 spiro atoms. The minimum absolute atomic E-state index is 0.0180. The van der Waals surface area contributed by atoms with E-state index >= 15 is 4.39 Å². The molecule has 1 saturated carbocycles. The second kappa shape index (κ2) is 10.5. The van der Waals surface area contributed by atoms with Gasteiger partial charge in [-0.3, -0.25) is 29.0 Å². The Bertz CT molecular complexity index is 1470. The maximum atomic E-state index is 15.6. The number of phenolic OH excluding ortho intramolecular Hbond substituents is 1. The Hall–Kier alpha value is -3.81. The lowest BCUT2D eigenvalue weighted by Crippen LogP contribution is -2.66. The molecule has 0 radical (unpaired) electrons. The van der Waals surface area contributed by atoms with E-state index in [9.17, 15) is 34.5 Å². The fourth-order valence-electron chi connectivity index (χ4n) is 7.30. The number of aliphatic hydroxyl groups excluding tert-OH is 2. The highest BCUT2D eigenvalue weighted by Crippen LogP contribution is 2.54. The van der Waals surface area contributed by atoms with Gasteiger partial charge in [-0.25, -0.2) is 4.39 Å². The monoisotopic (exact) mass is 586 g/mol. The molecule has 6 N–H and O–H groups in total. The number of fused-ring (bicyclic) bond motifs is 3. The topological polar surface area (TPSA) is 183 Å². The van der Waals surface area contributed by atoms with Gasteiger partial charge in [0.05, 0.1) is 23.3 Å². The number of likely N-dealkylation sites (N-methyl/N-ethyl adjacent to an activating group) is 2. The number of nitrogens with one attached hydrogen (secondary N) is 1. The molecule has 1 aromatic carbocycles. The lowest BCUT2D eigenvalue weighted by atomic mass is 9.57. The molecule has 13 heteroatoms. The van der Waals surface area contributed by atoms with Crippen molar-refractivity contribution in [3.8, 4) is 5.75 Å². The zero-order valence-corrected chi connectivity index (χ0v) is 23.9. The van der Waals surface area contributed by atoms with Gasteiger partial charge in [0.1, 0.15) is 22.9 Å². The molecule has 12 nitrogen and oxygen atoms in total. The number of piperidine rings is 1. The number of carbonyl (C=O) groups excluding carboxylic acids is 4. The molecule has 2 amide bonds. The van der Waals surface area contributed by atoms with Gasteiger partial charge in [-0.1, -0.05) is 6.42 Å². The first kappa shape index (κ1) is 29.7. The number of hydrogen-bond acceptors (Lipinski definition) is 10. The summed E-state index contributed by atoms with van der Waals surface area (Å²) in [6.45, 7) is 0.709. The van der Waals surface area contributed by atoms with E-state index in [0.29, 0.717) is 13.0 Å². The summed E-state index contributed by atoms with van der Waals surface area (Å²) in [6.07, 6.45) is 2.22. The SMILES string of the molecule is CO[C@]12C(=O)C3=C(O)c4c(O)c(NC(=O)[C@@H]5CCCCN5C)cc(F)c4C[C@H]3C[C@H]1[C@H](N(C)C)C(=O)C(C(N)=O)=C2O. The third-order valence-electron chi connectivity index (χ3n) is 9.29. The molecule has 42 heavy (non-hydrogen) atoms. The largest absolute Gasteiger partial charge is 0.508 e. The van der Waals surface area contributed by atoms with E-state index in [2.05, 4.69) is 5.32 Å². The number of amides is 2. The van der Waals surface area contributed by atoms with Gasteiger partial charge in [0.2, 0.25) is 11.7 Å². The molecule has 2 fully saturated rings. The van der Waals surface area contributed by atoms with Crippen LogP contribution in [0, 0.1) is 17.7 Å². The molecule has 0 unspecified atom stereocenters. The van der Waals surface area contributed by atoms with Crippen molar-refractivity contribution in [2.45, 2.75) is 49.8 Å². The summed E-state index contributed by atoms with van der Waals surface area (Å²) in [5.74, 6) is -8.37. The van der Waals surface area contributed by atoms with Crippen molar-refractivity contribution >= 4 is 34.8 Å². The van der Waals surface area contributed by atoms with Crippen LogP contribution in [-0.2, 0) is 30.3 Å². The minimum Gasteiger partial charge on any atom is -0.508 e. The number of primary amides is 1. The summed E-state index contributed by atoms with van der Waals surface area (Å²) in [7, 11) is 6.05. The minimum atomic E-state index is -2.25. The van der Waals surface area contributed by atoms with E-state index in [0.717, 1.165) is 26.0 Å². The molecule has 4 aliphatic rings. The molecule has 3 aliphatic carbocycles. The summed E-state index contributed by atoms with van der Waals surface area (Å²) in [4.78, 5) is 56.2. The van der Waals surface area contributed by atoms with Crippen LogP contribution in [0.1, 0.15) is 36.8 Å². The number of hydrogen-bond donors (Lipinski definition) is 5. The number of anilines is 1. The van der Waals surface area contributed by atoms with Crippen molar-refractivity contribution in [1.82, 2.24) is 9.80 Å². The Balaban J connectivity index is 1.64. The Kier molecular flexibility index (Phi) is 7.40. The molecule has 5 rings (SSSR count). The summed E-state index contributed by atoms with van der Waals surface area (Å²) < 4.78 is 21.2. The fourth-order valence-corrected chi connectivity index (χ4v) is 7.30. The molecule has 1 saturated heterocycles. The standard InChI is InChI=1S/C29H35FN4O8/c1-33(2)21-14-10-12-9-13-15(30)11-16(32-28(41)17-7-5-6-8-34(17)3)22(35)19(13)23(36)18(12)25(38)29(14,42-4)26(39)20(24(21)37)27(31)40/h11-12,14,17,21,35-36,39H,5-10H2,1-4H3,(H2,31,40)(H,32,41)/t12-,14-,17-,21-,29-/m0/s1. The fraction of sp³-hybridized carbons (Fsp3) is 0.517. The second-order valence-electron chi connectivity index (χ2n) is 11.7. The van der Waals surface area contributed by atoms with Crippen LogP contribution in [0.25, 0.3) is 5.76 Å². The summed E-state index contributed by atoms with van der Waals surface area (Å²) in [5, 5.41) is 36.4. The average Bonchev–Trinajstić information content (AvgIpc) is 2.91. The average molecular weight is 587 g/mol.